The van der Waals surface area contributed by atoms with Crippen LogP contribution in [0.5, 0.6) is 5.75 Å². The van der Waals surface area contributed by atoms with Crippen LogP contribution < -0.4 is 20.7 Å². The first-order valence-corrected chi connectivity index (χ1v) is 15.6. The Morgan fingerprint density at radius 3 is 2.50 bits per heavy atom. The van der Waals surface area contributed by atoms with Crippen molar-refractivity contribution in [1.82, 2.24) is 9.88 Å². The smallest absolute Gasteiger partial charge is 0.177 e. The summed E-state index contributed by atoms with van der Waals surface area (Å²) in [5.74, 6) is 0.221. The van der Waals surface area contributed by atoms with Gasteiger partial charge in [0.05, 0.1) is 36.4 Å². The third kappa shape index (κ3) is 6.89. The van der Waals surface area contributed by atoms with Crippen LogP contribution in [0.3, 0.4) is 0 Å². The molecule has 0 radical (unpaired) electrons. The number of aromatic nitrogens is 1. The van der Waals surface area contributed by atoms with E-state index in [1.54, 1.807) is 23.3 Å². The number of aromatic hydroxyl groups is 1. The molecule has 3 atom stereocenters. The van der Waals surface area contributed by atoms with Crippen LogP contribution >= 0.6 is 29.1 Å². The van der Waals surface area contributed by atoms with E-state index in [1.807, 2.05) is 56.1 Å². The fourth-order valence-corrected chi connectivity index (χ4v) is 6.12. The van der Waals surface area contributed by atoms with E-state index in [1.165, 1.54) is 0 Å². The number of nitrogens with one attached hydrogen (secondary N) is 1. The Hall–Kier alpha value is -2.42. The Labute approximate surface area is 242 Å². The van der Waals surface area contributed by atoms with Crippen LogP contribution in [0.4, 0.5) is 22.7 Å². The Balaban J connectivity index is 1.85. The standard InChI is InChI=1S/C28H34ClN5O4P2/c1-5-32(6-2)17-19-14-21(8-11-27(19)35)33(26-13-18(3)30-24-15-20(29)7-10-23(24)26)38-40(4)28-12-9-22(34(37)39)16-25(28)31-36/h7-16,31,35-37H,5-6,17,39H2,1-4H3/p+2. The molecule has 0 aliphatic carbocycles. The van der Waals surface area contributed by atoms with Crippen LogP contribution in [0.15, 0.2) is 60.7 Å². The first kappa shape index (κ1) is 30.5. The SMILES string of the molecule is CCN(CC)Cc1cc(N(OP(C)c2ccc([NH+](O)P)cc2[NH2+]O)c2cc(C)nc3cc(Cl)ccc23)ccc1O. The minimum atomic E-state index is -1.31. The van der Waals surface area contributed by atoms with Crippen molar-refractivity contribution in [2.45, 2.75) is 27.3 Å². The van der Waals surface area contributed by atoms with Gasteiger partial charge in [0, 0.05) is 34.3 Å². The number of rotatable bonds is 11. The quantitative estimate of drug-likeness (QED) is 0.0979. The molecule has 1 heterocycles. The maximum Gasteiger partial charge on any atom is 0.177 e. The van der Waals surface area contributed by atoms with Gasteiger partial charge in [-0.15, -0.1) is 0 Å². The highest BCUT2D eigenvalue weighted by atomic mass is 35.5. The van der Waals surface area contributed by atoms with Crippen molar-refractivity contribution in [3.05, 3.63) is 76.9 Å². The van der Waals surface area contributed by atoms with E-state index in [2.05, 4.69) is 33.1 Å². The van der Waals surface area contributed by atoms with Crippen LogP contribution in [0.2, 0.25) is 5.02 Å². The number of nitrogens with two attached hydrogens (primary N) is 1. The second-order valence-electron chi connectivity index (χ2n) is 9.38. The van der Waals surface area contributed by atoms with Crippen LogP contribution in [0.25, 0.3) is 10.9 Å². The average Bonchev–Trinajstić information content (AvgIpc) is 2.94. The van der Waals surface area contributed by atoms with Crippen LogP contribution in [-0.2, 0) is 11.2 Å². The molecular weight excluding hydrogens is 568 g/mol. The molecule has 4 aromatic rings. The van der Waals surface area contributed by atoms with E-state index in [0.29, 0.717) is 22.9 Å². The Morgan fingerprint density at radius 2 is 1.82 bits per heavy atom. The zero-order valence-electron chi connectivity index (χ0n) is 23.0. The van der Waals surface area contributed by atoms with E-state index in [4.69, 9.17) is 16.2 Å². The predicted octanol–water partition coefficient (Wildman–Crippen LogP) is 4.45. The van der Waals surface area contributed by atoms with Crippen molar-refractivity contribution in [1.29, 1.82) is 0 Å². The number of hydrogen-bond acceptors (Lipinski definition) is 7. The van der Waals surface area contributed by atoms with Gasteiger partial charge in [0.2, 0.25) is 0 Å². The summed E-state index contributed by atoms with van der Waals surface area (Å²) in [5.41, 5.74) is 5.98. The van der Waals surface area contributed by atoms with Gasteiger partial charge >= 0.3 is 0 Å². The van der Waals surface area contributed by atoms with Crippen molar-refractivity contribution in [2.75, 3.05) is 24.8 Å². The normalized spacial score (nSPS) is 13.1. The summed E-state index contributed by atoms with van der Waals surface area (Å²) in [6, 6.07) is 18.3. The van der Waals surface area contributed by atoms with Gasteiger partial charge in [-0.1, -0.05) is 25.4 Å². The predicted molar refractivity (Wildman–Crippen MR) is 164 cm³/mol. The molecule has 3 aromatic carbocycles. The number of fused-ring (bicyclic) bond motifs is 1. The minimum absolute atomic E-state index is 0.0832. The largest absolute Gasteiger partial charge is 0.508 e. The molecule has 0 saturated carbocycles. The summed E-state index contributed by atoms with van der Waals surface area (Å²) in [6.07, 6.45) is 0. The summed E-state index contributed by atoms with van der Waals surface area (Å²) < 4.78 is 6.73. The topological polar surface area (TPSA) is 110 Å². The van der Waals surface area contributed by atoms with Gasteiger partial charge in [-0.05, 0) is 75.2 Å². The molecule has 212 valence electrons. The first-order chi connectivity index (χ1) is 19.1. The third-order valence-corrected chi connectivity index (χ3v) is 8.75. The lowest BCUT2D eigenvalue weighted by atomic mass is 10.1. The maximum absolute atomic E-state index is 10.7. The van der Waals surface area contributed by atoms with Crippen molar-refractivity contribution in [2.24, 2.45) is 0 Å². The molecule has 0 saturated heterocycles. The zero-order chi connectivity index (χ0) is 29.0. The van der Waals surface area contributed by atoms with Crippen molar-refractivity contribution in [3.8, 4) is 5.75 Å². The number of phenolic OH excluding ortho intramolecular Hbond substituents is 1. The number of aryl methyl sites for hydroxylation is 1. The summed E-state index contributed by atoms with van der Waals surface area (Å²) in [5, 5.41) is 34.6. The fourth-order valence-electron chi connectivity index (χ4n) is 4.49. The van der Waals surface area contributed by atoms with E-state index >= 15 is 0 Å². The second kappa shape index (κ2) is 13.5. The third-order valence-electron chi connectivity index (χ3n) is 6.69. The lowest BCUT2D eigenvalue weighted by molar-refractivity contribution is -0.917. The monoisotopic (exact) mass is 603 g/mol. The highest BCUT2D eigenvalue weighted by Gasteiger charge is 2.24. The minimum Gasteiger partial charge on any atom is -0.508 e. The molecule has 3 unspecified atom stereocenters. The number of pyridine rings is 1. The van der Waals surface area contributed by atoms with Crippen LogP contribution in [0.1, 0.15) is 25.1 Å². The van der Waals surface area contributed by atoms with E-state index in [9.17, 15) is 15.5 Å². The van der Waals surface area contributed by atoms with Crippen molar-refractivity contribution >= 4 is 68.1 Å². The molecule has 12 heteroatoms. The van der Waals surface area contributed by atoms with E-state index in [0.717, 1.165) is 57.4 Å². The molecule has 0 aliphatic rings. The fraction of sp³-hybridized carbons (Fsp3) is 0.250. The van der Waals surface area contributed by atoms with Gasteiger partial charge in [-0.2, -0.15) is 10.3 Å². The van der Waals surface area contributed by atoms with E-state index < -0.39 is 8.15 Å². The molecule has 9 nitrogen and oxygen atoms in total. The highest BCUT2D eigenvalue weighted by molar-refractivity contribution is 7.60. The summed E-state index contributed by atoms with van der Waals surface area (Å²) >= 11 is 6.30. The van der Waals surface area contributed by atoms with Crippen LogP contribution in [0, 0.1) is 6.92 Å². The van der Waals surface area contributed by atoms with Crippen molar-refractivity contribution in [3.63, 3.8) is 0 Å². The van der Waals surface area contributed by atoms with Crippen molar-refractivity contribution < 1.29 is 30.5 Å². The van der Waals surface area contributed by atoms with E-state index in [-0.39, 0.29) is 10.6 Å². The molecule has 40 heavy (non-hydrogen) atoms. The Bertz CT molecular complexity index is 1480. The molecule has 1 aromatic heterocycles. The van der Waals surface area contributed by atoms with Gasteiger partial charge < -0.3 is 5.11 Å². The summed E-state index contributed by atoms with van der Waals surface area (Å²) in [4.78, 5) is 7.00. The van der Waals surface area contributed by atoms with Gasteiger partial charge in [0.15, 0.2) is 11.4 Å². The first-order valence-electron chi connectivity index (χ1n) is 12.9. The van der Waals surface area contributed by atoms with Gasteiger partial charge in [-0.25, -0.2) is 20.1 Å². The summed E-state index contributed by atoms with van der Waals surface area (Å²) in [6.45, 7) is 10.4. The van der Waals surface area contributed by atoms with Gasteiger partial charge in [0.1, 0.15) is 15.1 Å². The Kier molecular flexibility index (Phi) is 10.3. The van der Waals surface area contributed by atoms with Gasteiger partial charge in [-0.3, -0.25) is 9.88 Å². The number of hydrogen-bond donors (Lipinski definition) is 5. The number of benzene rings is 3. The number of halogens is 1. The molecule has 0 fully saturated rings. The Morgan fingerprint density at radius 1 is 1.07 bits per heavy atom. The zero-order valence-corrected chi connectivity index (χ0v) is 25.8. The van der Waals surface area contributed by atoms with Crippen LogP contribution in [-0.4, -0.2) is 45.2 Å². The molecule has 0 aliphatic heterocycles. The molecule has 0 bridgehead atoms. The molecule has 4 rings (SSSR count). The molecular formula is C28H36ClN5O4P2+2. The number of phenols is 1. The highest BCUT2D eigenvalue weighted by Crippen LogP contribution is 2.43. The second-order valence-corrected chi connectivity index (χ2v) is 12.0. The molecule has 0 amide bonds. The number of quaternary nitrogens is 2. The lowest BCUT2D eigenvalue weighted by Gasteiger charge is -2.29. The lowest BCUT2D eigenvalue weighted by Crippen LogP contribution is -2.94. The molecule has 0 spiro atoms. The maximum atomic E-state index is 10.7. The summed E-state index contributed by atoms with van der Waals surface area (Å²) in [7, 11) is 0.949. The average molecular weight is 604 g/mol. The number of nitrogens with zero attached hydrogens (tertiary/aromatic N) is 3. The van der Waals surface area contributed by atoms with Gasteiger partial charge in [0.25, 0.3) is 0 Å². The number of anilines is 2. The molecule has 6 N–H and O–H groups in total.